The third kappa shape index (κ3) is 6.20. The Morgan fingerprint density at radius 3 is 2.63 bits per heavy atom. The summed E-state index contributed by atoms with van der Waals surface area (Å²) in [6.45, 7) is 5.18. The number of fused-ring (bicyclic) bond motifs is 1. The molecule has 0 bridgehead atoms. The van der Waals surface area contributed by atoms with E-state index in [-0.39, 0.29) is 17.2 Å². The van der Waals surface area contributed by atoms with Gasteiger partial charge in [-0.05, 0) is 69.0 Å². The average Bonchev–Trinajstić information content (AvgIpc) is 3.02. The number of hydrogen-bond acceptors (Lipinski definition) is 9. The van der Waals surface area contributed by atoms with Gasteiger partial charge in [0.1, 0.15) is 23.6 Å². The Balaban J connectivity index is 1.36. The highest BCUT2D eigenvalue weighted by Gasteiger charge is 2.26. The Morgan fingerprint density at radius 2 is 1.91 bits per heavy atom. The van der Waals surface area contributed by atoms with E-state index in [0.717, 1.165) is 51.1 Å². The van der Waals surface area contributed by atoms with Crippen molar-refractivity contribution in [3.8, 4) is 17.0 Å². The molecule has 4 aromatic rings. The van der Waals surface area contributed by atoms with Gasteiger partial charge in [-0.2, -0.15) is 0 Å². The third-order valence-corrected chi connectivity index (χ3v) is 8.26. The maximum Gasteiger partial charge on any atom is 0.259 e. The number of ether oxygens (including phenoxy) is 1. The smallest absolute Gasteiger partial charge is 0.259 e. The van der Waals surface area contributed by atoms with Gasteiger partial charge in [0.2, 0.25) is 0 Å². The molecule has 0 spiro atoms. The number of hydrogen-bond donors (Lipinski definition) is 4. The van der Waals surface area contributed by atoms with E-state index in [1.807, 2.05) is 24.0 Å². The number of H-pyrrole nitrogens is 1. The number of aliphatic hydroxyl groups is 2. The summed E-state index contributed by atoms with van der Waals surface area (Å²) in [7, 11) is 0. The highest BCUT2D eigenvalue weighted by atomic mass is 19.1. The number of rotatable bonds is 8. The average molecular weight is 589 g/mol. The topological polar surface area (TPSA) is 127 Å². The molecule has 2 aliphatic heterocycles. The quantitative estimate of drug-likeness (QED) is 0.232. The van der Waals surface area contributed by atoms with Crippen LogP contribution < -0.4 is 20.5 Å². The summed E-state index contributed by atoms with van der Waals surface area (Å²) < 4.78 is 21.7. The number of anilines is 3. The van der Waals surface area contributed by atoms with Crippen LogP contribution in [-0.2, 0) is 0 Å². The summed E-state index contributed by atoms with van der Waals surface area (Å²) in [5, 5.41) is 24.5. The predicted molar refractivity (Wildman–Crippen MR) is 164 cm³/mol. The number of nitrogens with zero attached hydrogens (tertiary/aromatic N) is 4. The number of halogens is 1. The van der Waals surface area contributed by atoms with E-state index in [2.05, 4.69) is 25.2 Å². The summed E-state index contributed by atoms with van der Waals surface area (Å²) in [6, 6.07) is 9.98. The Kier molecular flexibility index (Phi) is 8.55. The van der Waals surface area contributed by atoms with Crippen LogP contribution in [0.2, 0.25) is 0 Å². The van der Waals surface area contributed by atoms with Crippen molar-refractivity contribution >= 4 is 28.1 Å². The van der Waals surface area contributed by atoms with Crippen molar-refractivity contribution in [3.05, 3.63) is 70.5 Å². The maximum absolute atomic E-state index is 15.8. The lowest BCUT2D eigenvalue weighted by Gasteiger charge is -2.32. The van der Waals surface area contributed by atoms with Gasteiger partial charge < -0.3 is 30.2 Å². The number of aliphatic hydroxyl groups excluding tert-OH is 2. The molecule has 10 nitrogen and oxygen atoms in total. The summed E-state index contributed by atoms with van der Waals surface area (Å²) in [6.07, 6.45) is 6.54. The molecule has 1 aromatic carbocycles. The molecule has 1 atom stereocenters. The standard InChI is InChI=1S/C32H37FN6O4/c1-2-43-28-17-22(24(33)16-23(28)32(42)39-12-4-3-5-13-39)26-18-27(30-25(36-26)8-11-34-31(30)41)37-29-7-6-20(19-35-29)38-14-9-21(40)10-15-38/h6-8,11,16-19,21,32,40,42H,2-5,9-10,12-15H2,1H3,(H,34,41)(H,35,36,37). The first-order chi connectivity index (χ1) is 20.9. The molecule has 226 valence electrons. The number of nitrogens with one attached hydrogen (secondary N) is 2. The van der Waals surface area contributed by atoms with E-state index < -0.39 is 12.0 Å². The SMILES string of the molecule is CCOc1cc(-c2cc(Nc3ccc(N4CCC(O)CC4)cn3)c3c(=O)[nH]ccc3n2)c(F)cc1C(O)N1CCCCC1. The molecule has 0 amide bonds. The van der Waals surface area contributed by atoms with Gasteiger partial charge in [0.05, 0.1) is 46.9 Å². The van der Waals surface area contributed by atoms with Crippen molar-refractivity contribution in [2.75, 3.05) is 43.0 Å². The van der Waals surface area contributed by atoms with Gasteiger partial charge >= 0.3 is 0 Å². The first kappa shape index (κ1) is 29.0. The zero-order chi connectivity index (χ0) is 29.9. The molecule has 11 heteroatoms. The Hall–Kier alpha value is -4.06. The molecular weight excluding hydrogens is 551 g/mol. The lowest BCUT2D eigenvalue weighted by atomic mass is 10.0. The van der Waals surface area contributed by atoms with Crippen LogP contribution in [0.25, 0.3) is 22.2 Å². The summed E-state index contributed by atoms with van der Waals surface area (Å²) in [4.78, 5) is 28.9. The molecule has 2 saturated heterocycles. The molecule has 4 N–H and O–H groups in total. The molecule has 43 heavy (non-hydrogen) atoms. The Morgan fingerprint density at radius 1 is 1.12 bits per heavy atom. The van der Waals surface area contributed by atoms with Gasteiger partial charge in [0, 0.05) is 43.5 Å². The van der Waals surface area contributed by atoms with Crippen molar-refractivity contribution in [2.45, 2.75) is 51.4 Å². The normalized spacial score (nSPS) is 17.3. The van der Waals surface area contributed by atoms with Gasteiger partial charge in [0.15, 0.2) is 0 Å². The minimum atomic E-state index is -0.977. The first-order valence-corrected chi connectivity index (χ1v) is 15.0. The summed E-state index contributed by atoms with van der Waals surface area (Å²) in [5.74, 6) is 0.353. The molecule has 0 aliphatic carbocycles. The number of aromatic amines is 1. The summed E-state index contributed by atoms with van der Waals surface area (Å²) in [5.41, 5.74) is 2.32. The second kappa shape index (κ2) is 12.7. The van der Waals surface area contributed by atoms with Gasteiger partial charge in [-0.15, -0.1) is 0 Å². The monoisotopic (exact) mass is 588 g/mol. The highest BCUT2D eigenvalue weighted by molar-refractivity contribution is 5.94. The Bertz CT molecular complexity index is 1630. The number of likely N-dealkylation sites (tertiary alicyclic amines) is 1. The van der Waals surface area contributed by atoms with E-state index in [1.165, 1.54) is 12.3 Å². The first-order valence-electron chi connectivity index (χ1n) is 15.0. The number of aromatic nitrogens is 3. The molecule has 2 aliphatic rings. The molecule has 3 aromatic heterocycles. The summed E-state index contributed by atoms with van der Waals surface area (Å²) >= 11 is 0. The zero-order valence-corrected chi connectivity index (χ0v) is 24.2. The van der Waals surface area contributed by atoms with Crippen molar-refractivity contribution in [2.24, 2.45) is 0 Å². The minimum absolute atomic E-state index is 0.193. The van der Waals surface area contributed by atoms with E-state index in [9.17, 15) is 15.0 Å². The number of benzene rings is 1. The fourth-order valence-corrected chi connectivity index (χ4v) is 5.95. The molecule has 5 heterocycles. The van der Waals surface area contributed by atoms with Gasteiger partial charge in [-0.25, -0.2) is 14.4 Å². The fourth-order valence-electron chi connectivity index (χ4n) is 5.95. The Labute approximate surface area is 249 Å². The van der Waals surface area contributed by atoms with Gasteiger partial charge in [0.25, 0.3) is 5.56 Å². The lowest BCUT2D eigenvalue weighted by Crippen LogP contribution is -2.35. The molecule has 0 radical (unpaired) electrons. The van der Waals surface area contributed by atoms with Crippen molar-refractivity contribution < 1.29 is 19.3 Å². The fraction of sp³-hybridized carbons (Fsp3) is 0.406. The van der Waals surface area contributed by atoms with E-state index in [0.29, 0.717) is 58.9 Å². The molecule has 6 rings (SSSR count). The third-order valence-electron chi connectivity index (χ3n) is 8.26. The molecular formula is C32H37FN6O4. The maximum atomic E-state index is 15.8. The second-order valence-corrected chi connectivity index (χ2v) is 11.1. The van der Waals surface area contributed by atoms with Crippen LogP contribution in [0.5, 0.6) is 5.75 Å². The van der Waals surface area contributed by atoms with Crippen molar-refractivity contribution in [1.82, 2.24) is 19.9 Å². The van der Waals surface area contributed by atoms with Crippen LogP contribution in [0.4, 0.5) is 21.6 Å². The number of pyridine rings is 3. The molecule has 1 unspecified atom stereocenters. The van der Waals surface area contributed by atoms with Crippen LogP contribution in [0.3, 0.4) is 0 Å². The van der Waals surface area contributed by atoms with E-state index in [4.69, 9.17) is 4.74 Å². The number of piperidine rings is 2. The minimum Gasteiger partial charge on any atom is -0.493 e. The lowest BCUT2D eigenvalue weighted by molar-refractivity contribution is -0.0117. The van der Waals surface area contributed by atoms with E-state index in [1.54, 1.807) is 24.4 Å². The van der Waals surface area contributed by atoms with Crippen LogP contribution in [0, 0.1) is 5.82 Å². The van der Waals surface area contributed by atoms with Crippen molar-refractivity contribution in [3.63, 3.8) is 0 Å². The van der Waals surface area contributed by atoms with Gasteiger partial charge in [-0.3, -0.25) is 9.69 Å². The molecule has 0 saturated carbocycles. The zero-order valence-electron chi connectivity index (χ0n) is 24.2. The van der Waals surface area contributed by atoms with E-state index >= 15 is 4.39 Å². The van der Waals surface area contributed by atoms with Crippen LogP contribution in [0.1, 0.15) is 50.8 Å². The van der Waals surface area contributed by atoms with Gasteiger partial charge in [-0.1, -0.05) is 6.42 Å². The predicted octanol–water partition coefficient (Wildman–Crippen LogP) is 4.70. The van der Waals surface area contributed by atoms with Crippen LogP contribution >= 0.6 is 0 Å². The second-order valence-electron chi connectivity index (χ2n) is 11.1. The van der Waals surface area contributed by atoms with Crippen LogP contribution in [-0.4, -0.2) is 69.0 Å². The van der Waals surface area contributed by atoms with Crippen molar-refractivity contribution in [1.29, 1.82) is 0 Å². The highest BCUT2D eigenvalue weighted by Crippen LogP contribution is 2.37. The van der Waals surface area contributed by atoms with Crippen LogP contribution in [0.15, 0.2) is 53.6 Å². The molecule has 2 fully saturated rings. The largest absolute Gasteiger partial charge is 0.493 e.